The highest BCUT2D eigenvalue weighted by atomic mass is 16.1. The van der Waals surface area contributed by atoms with Gasteiger partial charge in [-0.3, -0.25) is 4.79 Å². The van der Waals surface area contributed by atoms with E-state index in [1.54, 1.807) is 0 Å². The minimum atomic E-state index is 0.0174. The van der Waals surface area contributed by atoms with Gasteiger partial charge in [0, 0.05) is 17.8 Å². The lowest BCUT2D eigenvalue weighted by atomic mass is 9.90. The number of hydrogen-bond donors (Lipinski definition) is 2. The molecule has 3 N–H and O–H groups in total. The average Bonchev–Trinajstić information content (AvgIpc) is 2.56. The van der Waals surface area contributed by atoms with Crippen molar-refractivity contribution in [3.05, 3.63) is 64.7 Å². The van der Waals surface area contributed by atoms with Gasteiger partial charge in [-0.05, 0) is 73.1 Å². The Kier molecular flexibility index (Phi) is 4.42. The molecule has 0 saturated heterocycles. The van der Waals surface area contributed by atoms with E-state index in [9.17, 15) is 4.79 Å². The molecule has 1 amide bonds. The Morgan fingerprint density at radius 3 is 2.50 bits per heavy atom. The quantitative estimate of drug-likeness (QED) is 0.851. The number of carbonyl (C=O) groups excluding carboxylic acids is 1. The van der Waals surface area contributed by atoms with Crippen molar-refractivity contribution in [3.8, 4) is 0 Å². The number of nitrogens with two attached hydrogens (primary N) is 1. The molecule has 0 unspecified atom stereocenters. The molecule has 0 fully saturated rings. The second-order valence-corrected chi connectivity index (χ2v) is 5.94. The van der Waals surface area contributed by atoms with Crippen LogP contribution in [0.2, 0.25) is 0 Å². The van der Waals surface area contributed by atoms with Crippen LogP contribution in [0, 0.1) is 0 Å². The number of benzene rings is 2. The zero-order valence-electron chi connectivity index (χ0n) is 12.8. The van der Waals surface area contributed by atoms with E-state index in [-0.39, 0.29) is 5.91 Å². The normalized spacial score (nSPS) is 13.5. The molecule has 0 heterocycles. The zero-order chi connectivity index (χ0) is 15.4. The lowest BCUT2D eigenvalue weighted by Gasteiger charge is -2.16. The van der Waals surface area contributed by atoms with Gasteiger partial charge in [0.1, 0.15) is 0 Å². The fraction of sp³-hybridized carbons (Fsp3) is 0.316. The van der Waals surface area contributed by atoms with E-state index in [0.29, 0.717) is 6.54 Å². The highest BCUT2D eigenvalue weighted by Crippen LogP contribution is 2.22. The highest BCUT2D eigenvalue weighted by Gasteiger charge is 2.12. The Bertz CT molecular complexity index is 662. The molecular formula is C19H22N2O. The van der Waals surface area contributed by atoms with E-state index in [2.05, 4.69) is 17.4 Å². The van der Waals surface area contributed by atoms with Gasteiger partial charge in [-0.15, -0.1) is 0 Å². The molecule has 0 atom stereocenters. The van der Waals surface area contributed by atoms with Crippen LogP contribution in [0.25, 0.3) is 0 Å². The summed E-state index contributed by atoms with van der Waals surface area (Å²) in [6, 6.07) is 13.9. The first-order chi connectivity index (χ1) is 10.7. The third-order valence-corrected chi connectivity index (χ3v) is 4.29. The fourth-order valence-electron chi connectivity index (χ4n) is 2.98. The van der Waals surface area contributed by atoms with Gasteiger partial charge in [0.25, 0.3) is 5.91 Å². The minimum Gasteiger partial charge on any atom is -0.399 e. The summed E-state index contributed by atoms with van der Waals surface area (Å²) in [4.78, 5) is 12.2. The van der Waals surface area contributed by atoms with E-state index < -0.39 is 0 Å². The summed E-state index contributed by atoms with van der Waals surface area (Å²) in [5, 5.41) is 3.00. The van der Waals surface area contributed by atoms with Crippen LogP contribution in [0.5, 0.6) is 0 Å². The Morgan fingerprint density at radius 2 is 1.73 bits per heavy atom. The van der Waals surface area contributed by atoms with E-state index in [0.717, 1.165) is 30.5 Å². The summed E-state index contributed by atoms with van der Waals surface area (Å²) < 4.78 is 0. The number of rotatable bonds is 4. The third-order valence-electron chi connectivity index (χ3n) is 4.29. The van der Waals surface area contributed by atoms with Gasteiger partial charge in [0.2, 0.25) is 0 Å². The maximum Gasteiger partial charge on any atom is 0.251 e. The van der Waals surface area contributed by atoms with Crippen LogP contribution in [-0.2, 0) is 19.3 Å². The number of hydrogen-bond acceptors (Lipinski definition) is 2. The van der Waals surface area contributed by atoms with Crippen LogP contribution < -0.4 is 11.1 Å². The van der Waals surface area contributed by atoms with Crippen molar-refractivity contribution >= 4 is 11.6 Å². The Balaban J connectivity index is 1.56. The van der Waals surface area contributed by atoms with Crippen LogP contribution in [0.1, 0.15) is 39.9 Å². The van der Waals surface area contributed by atoms with Crippen LogP contribution in [0.15, 0.2) is 42.5 Å². The van der Waals surface area contributed by atoms with Gasteiger partial charge in [-0.2, -0.15) is 0 Å². The first-order valence-corrected chi connectivity index (χ1v) is 7.97. The predicted octanol–water partition coefficient (Wildman–Crippen LogP) is 3.12. The van der Waals surface area contributed by atoms with Gasteiger partial charge >= 0.3 is 0 Å². The number of anilines is 1. The third kappa shape index (κ3) is 3.48. The zero-order valence-corrected chi connectivity index (χ0v) is 12.8. The topological polar surface area (TPSA) is 55.1 Å². The van der Waals surface area contributed by atoms with Crippen molar-refractivity contribution in [1.29, 1.82) is 0 Å². The average molecular weight is 294 g/mol. The molecule has 0 aliphatic heterocycles. The Hall–Kier alpha value is -2.29. The van der Waals surface area contributed by atoms with Crippen LogP contribution in [-0.4, -0.2) is 12.5 Å². The largest absolute Gasteiger partial charge is 0.399 e. The molecule has 3 rings (SSSR count). The van der Waals surface area contributed by atoms with Gasteiger partial charge in [-0.1, -0.05) is 18.2 Å². The minimum absolute atomic E-state index is 0.0174. The fourth-order valence-corrected chi connectivity index (χ4v) is 2.98. The first kappa shape index (κ1) is 14.6. The van der Waals surface area contributed by atoms with E-state index in [1.165, 1.54) is 29.5 Å². The molecule has 3 nitrogen and oxygen atoms in total. The van der Waals surface area contributed by atoms with Crippen molar-refractivity contribution in [2.24, 2.45) is 0 Å². The predicted molar refractivity (Wildman–Crippen MR) is 90.0 cm³/mol. The van der Waals surface area contributed by atoms with Gasteiger partial charge < -0.3 is 11.1 Å². The number of fused-ring (bicyclic) bond motifs is 1. The standard InChI is InChI=1S/C19H22N2O/c20-18-9-5-14(6-10-18)11-12-21-19(22)17-8-7-15-3-1-2-4-16(15)13-17/h5-10,13H,1-4,11-12,20H2,(H,21,22). The molecule has 2 aromatic carbocycles. The number of aryl methyl sites for hydroxylation is 2. The number of amides is 1. The molecular weight excluding hydrogens is 272 g/mol. The molecule has 1 aliphatic carbocycles. The van der Waals surface area contributed by atoms with Gasteiger partial charge in [-0.25, -0.2) is 0 Å². The lowest BCUT2D eigenvalue weighted by molar-refractivity contribution is 0.0954. The summed E-state index contributed by atoms with van der Waals surface area (Å²) in [5.41, 5.74) is 11.1. The van der Waals surface area contributed by atoms with E-state index >= 15 is 0 Å². The maximum atomic E-state index is 12.2. The van der Waals surface area contributed by atoms with Crippen molar-refractivity contribution < 1.29 is 4.79 Å². The molecule has 3 heteroatoms. The van der Waals surface area contributed by atoms with Crippen LogP contribution >= 0.6 is 0 Å². The smallest absolute Gasteiger partial charge is 0.251 e. The summed E-state index contributed by atoms with van der Waals surface area (Å²) in [7, 11) is 0. The van der Waals surface area contributed by atoms with Crippen LogP contribution in [0.3, 0.4) is 0 Å². The van der Waals surface area contributed by atoms with Crippen LogP contribution in [0.4, 0.5) is 5.69 Å². The summed E-state index contributed by atoms with van der Waals surface area (Å²) in [5.74, 6) is 0.0174. The summed E-state index contributed by atoms with van der Waals surface area (Å²) >= 11 is 0. The molecule has 0 radical (unpaired) electrons. The van der Waals surface area contributed by atoms with Crippen molar-refractivity contribution in [1.82, 2.24) is 5.32 Å². The SMILES string of the molecule is Nc1ccc(CCNC(=O)c2ccc3c(c2)CCCC3)cc1. The van der Waals surface area contributed by atoms with E-state index in [1.807, 2.05) is 30.3 Å². The molecule has 114 valence electrons. The second-order valence-electron chi connectivity index (χ2n) is 5.94. The molecule has 0 spiro atoms. The molecule has 0 aromatic heterocycles. The molecule has 0 saturated carbocycles. The highest BCUT2D eigenvalue weighted by molar-refractivity contribution is 5.94. The number of nitrogen functional groups attached to an aromatic ring is 1. The van der Waals surface area contributed by atoms with Crippen molar-refractivity contribution in [2.75, 3.05) is 12.3 Å². The van der Waals surface area contributed by atoms with Gasteiger partial charge in [0.15, 0.2) is 0 Å². The summed E-state index contributed by atoms with van der Waals surface area (Å²) in [6.07, 6.45) is 5.56. The Morgan fingerprint density at radius 1 is 1.00 bits per heavy atom. The maximum absolute atomic E-state index is 12.2. The van der Waals surface area contributed by atoms with Crippen molar-refractivity contribution in [2.45, 2.75) is 32.1 Å². The molecule has 2 aromatic rings. The lowest BCUT2D eigenvalue weighted by Crippen LogP contribution is -2.26. The second kappa shape index (κ2) is 6.65. The first-order valence-electron chi connectivity index (χ1n) is 7.97. The number of carbonyl (C=O) groups is 1. The summed E-state index contributed by atoms with van der Waals surface area (Å²) in [6.45, 7) is 0.639. The molecule has 22 heavy (non-hydrogen) atoms. The van der Waals surface area contributed by atoms with Gasteiger partial charge in [0.05, 0.1) is 0 Å². The van der Waals surface area contributed by atoms with E-state index in [4.69, 9.17) is 5.73 Å². The molecule has 1 aliphatic rings. The monoisotopic (exact) mass is 294 g/mol. The molecule has 0 bridgehead atoms. The number of nitrogens with one attached hydrogen (secondary N) is 1. The van der Waals surface area contributed by atoms with Crippen molar-refractivity contribution in [3.63, 3.8) is 0 Å². The Labute approximate surface area is 131 Å².